The summed E-state index contributed by atoms with van der Waals surface area (Å²) in [7, 11) is 0. The molecule has 0 saturated carbocycles. The van der Waals surface area contributed by atoms with Crippen molar-refractivity contribution in [3.8, 4) is 0 Å². The van der Waals surface area contributed by atoms with Crippen molar-refractivity contribution in [1.82, 2.24) is 5.32 Å². The first kappa shape index (κ1) is 16.3. The lowest BCUT2D eigenvalue weighted by atomic mass is 10.1. The smallest absolute Gasteiger partial charge is 0.407 e. The van der Waals surface area contributed by atoms with Gasteiger partial charge in [-0.3, -0.25) is 0 Å². The van der Waals surface area contributed by atoms with E-state index in [0.29, 0.717) is 6.54 Å². The standard InChI is InChI=1S/C18H18BrNO2/c19-13-16-10-8-15(9-11-16)7-4-12-20-18(21)22-14-17-5-2-1-3-6-17/h1-11H,12-14H2,(H,20,21). The molecule has 0 bridgehead atoms. The van der Waals surface area contributed by atoms with Crippen molar-refractivity contribution in [1.29, 1.82) is 0 Å². The van der Waals surface area contributed by atoms with Crippen LogP contribution in [0.1, 0.15) is 16.7 Å². The van der Waals surface area contributed by atoms with Crippen molar-refractivity contribution < 1.29 is 9.53 Å². The number of alkyl carbamates (subject to hydrolysis) is 1. The predicted octanol–water partition coefficient (Wildman–Crippen LogP) is 4.52. The predicted molar refractivity (Wildman–Crippen MR) is 92.7 cm³/mol. The van der Waals surface area contributed by atoms with Gasteiger partial charge in [-0.2, -0.15) is 0 Å². The Morgan fingerprint density at radius 1 is 1.05 bits per heavy atom. The van der Waals surface area contributed by atoms with Crippen LogP contribution in [-0.4, -0.2) is 12.6 Å². The zero-order valence-electron chi connectivity index (χ0n) is 12.2. The Labute approximate surface area is 139 Å². The quantitative estimate of drug-likeness (QED) is 0.769. The van der Waals surface area contributed by atoms with Gasteiger partial charge in [0.15, 0.2) is 0 Å². The Bertz CT molecular complexity index is 609. The molecular formula is C18H18BrNO2. The average Bonchev–Trinajstić information content (AvgIpc) is 2.58. The highest BCUT2D eigenvalue weighted by atomic mass is 79.9. The van der Waals surface area contributed by atoms with Crippen LogP contribution in [0.15, 0.2) is 60.7 Å². The van der Waals surface area contributed by atoms with Gasteiger partial charge in [0.05, 0.1) is 0 Å². The van der Waals surface area contributed by atoms with Crippen LogP contribution in [0.4, 0.5) is 4.79 Å². The molecule has 114 valence electrons. The van der Waals surface area contributed by atoms with Gasteiger partial charge in [0.25, 0.3) is 0 Å². The maximum absolute atomic E-state index is 11.5. The van der Waals surface area contributed by atoms with Crippen LogP contribution in [0.3, 0.4) is 0 Å². The van der Waals surface area contributed by atoms with E-state index in [9.17, 15) is 4.79 Å². The first-order valence-electron chi connectivity index (χ1n) is 7.04. The molecule has 0 saturated heterocycles. The van der Waals surface area contributed by atoms with Gasteiger partial charge in [-0.15, -0.1) is 0 Å². The molecule has 0 spiro atoms. The SMILES string of the molecule is O=C(NCC=Cc1ccc(CBr)cc1)OCc1ccccc1. The molecule has 0 fully saturated rings. The molecule has 22 heavy (non-hydrogen) atoms. The van der Waals surface area contributed by atoms with Gasteiger partial charge >= 0.3 is 6.09 Å². The molecule has 0 aliphatic heterocycles. The Morgan fingerprint density at radius 3 is 2.45 bits per heavy atom. The maximum Gasteiger partial charge on any atom is 0.407 e. The third kappa shape index (κ3) is 5.74. The molecule has 0 aliphatic carbocycles. The van der Waals surface area contributed by atoms with E-state index >= 15 is 0 Å². The van der Waals surface area contributed by atoms with Crippen molar-refractivity contribution in [2.75, 3.05) is 6.54 Å². The van der Waals surface area contributed by atoms with Crippen LogP contribution < -0.4 is 5.32 Å². The second kappa shape index (κ2) is 9.05. The first-order chi connectivity index (χ1) is 10.8. The molecule has 2 aromatic carbocycles. The molecule has 0 unspecified atom stereocenters. The molecule has 1 amide bonds. The van der Waals surface area contributed by atoms with Crippen molar-refractivity contribution >= 4 is 28.1 Å². The number of alkyl halides is 1. The van der Waals surface area contributed by atoms with E-state index in [0.717, 1.165) is 16.5 Å². The summed E-state index contributed by atoms with van der Waals surface area (Å²) in [6, 6.07) is 17.8. The number of halogens is 1. The number of carbonyl (C=O) groups excluding carboxylic acids is 1. The highest BCUT2D eigenvalue weighted by Gasteiger charge is 2.00. The Kier molecular flexibility index (Phi) is 6.71. The third-order valence-corrected chi connectivity index (χ3v) is 3.67. The summed E-state index contributed by atoms with van der Waals surface area (Å²) in [6.07, 6.45) is 3.45. The summed E-state index contributed by atoms with van der Waals surface area (Å²) in [5, 5.41) is 3.54. The van der Waals surface area contributed by atoms with Gasteiger partial charge < -0.3 is 10.1 Å². The second-order valence-electron chi connectivity index (χ2n) is 4.72. The Balaban J connectivity index is 1.68. The molecule has 0 heterocycles. The van der Waals surface area contributed by atoms with Crippen LogP contribution in [0.25, 0.3) is 6.08 Å². The molecule has 2 rings (SSSR count). The van der Waals surface area contributed by atoms with Crippen LogP contribution in [-0.2, 0) is 16.7 Å². The summed E-state index contributed by atoms with van der Waals surface area (Å²) in [6.45, 7) is 0.720. The fraction of sp³-hybridized carbons (Fsp3) is 0.167. The number of carbonyl (C=O) groups is 1. The lowest BCUT2D eigenvalue weighted by Gasteiger charge is -2.05. The summed E-state index contributed by atoms with van der Waals surface area (Å²) in [5.74, 6) is 0. The summed E-state index contributed by atoms with van der Waals surface area (Å²) >= 11 is 3.41. The van der Waals surface area contributed by atoms with Gasteiger partial charge in [-0.25, -0.2) is 4.79 Å². The second-order valence-corrected chi connectivity index (χ2v) is 5.28. The minimum Gasteiger partial charge on any atom is -0.445 e. The lowest BCUT2D eigenvalue weighted by Crippen LogP contribution is -2.24. The van der Waals surface area contributed by atoms with Crippen molar-refractivity contribution in [2.45, 2.75) is 11.9 Å². The highest BCUT2D eigenvalue weighted by molar-refractivity contribution is 9.08. The van der Waals surface area contributed by atoms with Crippen molar-refractivity contribution in [3.63, 3.8) is 0 Å². The van der Waals surface area contributed by atoms with E-state index < -0.39 is 6.09 Å². The zero-order chi connectivity index (χ0) is 15.6. The molecule has 3 nitrogen and oxygen atoms in total. The third-order valence-electron chi connectivity index (χ3n) is 3.02. The van der Waals surface area contributed by atoms with Gasteiger partial charge in [-0.05, 0) is 16.7 Å². The number of benzene rings is 2. The monoisotopic (exact) mass is 359 g/mol. The fourth-order valence-corrected chi connectivity index (χ4v) is 2.20. The molecule has 1 N–H and O–H groups in total. The number of ether oxygens (including phenoxy) is 1. The summed E-state index contributed by atoms with van der Waals surface area (Å²) < 4.78 is 5.12. The van der Waals surface area contributed by atoms with Crippen LogP contribution in [0.2, 0.25) is 0 Å². The number of amides is 1. The van der Waals surface area contributed by atoms with Crippen molar-refractivity contribution in [3.05, 3.63) is 77.4 Å². The number of rotatable bonds is 6. The molecule has 0 radical (unpaired) electrons. The van der Waals surface area contributed by atoms with Gasteiger partial charge in [-0.1, -0.05) is 82.7 Å². The molecular weight excluding hydrogens is 342 g/mol. The van der Waals surface area contributed by atoms with E-state index in [1.54, 1.807) is 0 Å². The largest absolute Gasteiger partial charge is 0.445 e. The van der Waals surface area contributed by atoms with E-state index in [4.69, 9.17) is 4.74 Å². The minimum absolute atomic E-state index is 0.282. The van der Waals surface area contributed by atoms with E-state index in [2.05, 4.69) is 33.4 Å². The molecule has 0 atom stereocenters. The maximum atomic E-state index is 11.5. The molecule has 4 heteroatoms. The Morgan fingerprint density at radius 2 is 1.77 bits per heavy atom. The average molecular weight is 360 g/mol. The minimum atomic E-state index is -0.414. The van der Waals surface area contributed by atoms with Crippen LogP contribution in [0.5, 0.6) is 0 Å². The first-order valence-corrected chi connectivity index (χ1v) is 8.16. The number of hydrogen-bond acceptors (Lipinski definition) is 2. The molecule has 2 aromatic rings. The summed E-state index contributed by atoms with van der Waals surface area (Å²) in [5.41, 5.74) is 3.31. The molecule has 0 aliphatic rings. The lowest BCUT2D eigenvalue weighted by molar-refractivity contribution is 0.141. The van der Waals surface area contributed by atoms with Crippen molar-refractivity contribution in [2.24, 2.45) is 0 Å². The number of nitrogens with one attached hydrogen (secondary N) is 1. The summed E-state index contributed by atoms with van der Waals surface area (Å²) in [4.78, 5) is 11.5. The topological polar surface area (TPSA) is 38.3 Å². The van der Waals surface area contributed by atoms with Gasteiger partial charge in [0.1, 0.15) is 6.61 Å². The van der Waals surface area contributed by atoms with Gasteiger partial charge in [0, 0.05) is 11.9 Å². The van der Waals surface area contributed by atoms with Crippen LogP contribution >= 0.6 is 15.9 Å². The molecule has 0 aromatic heterocycles. The van der Waals surface area contributed by atoms with Gasteiger partial charge in [0.2, 0.25) is 0 Å². The Hall–Kier alpha value is -2.07. The zero-order valence-corrected chi connectivity index (χ0v) is 13.8. The normalized spacial score (nSPS) is 10.6. The van der Waals surface area contributed by atoms with E-state index in [-0.39, 0.29) is 6.61 Å². The van der Waals surface area contributed by atoms with Crippen LogP contribution in [0, 0.1) is 0 Å². The number of hydrogen-bond donors (Lipinski definition) is 1. The van der Waals surface area contributed by atoms with E-state index in [1.165, 1.54) is 5.56 Å². The van der Waals surface area contributed by atoms with E-state index in [1.807, 2.05) is 54.6 Å². The fourth-order valence-electron chi connectivity index (χ4n) is 1.83. The highest BCUT2D eigenvalue weighted by Crippen LogP contribution is 2.08.